The fourth-order valence-corrected chi connectivity index (χ4v) is 1.87. The van der Waals surface area contributed by atoms with Crippen molar-refractivity contribution in [1.29, 1.82) is 0 Å². The summed E-state index contributed by atoms with van der Waals surface area (Å²) in [5.74, 6) is -0.0892. The van der Waals surface area contributed by atoms with Gasteiger partial charge in [0, 0.05) is 4.47 Å². The molecule has 4 nitrogen and oxygen atoms in total. The molecule has 0 spiro atoms. The molecule has 0 bridgehead atoms. The Morgan fingerprint density at radius 2 is 1.79 bits per heavy atom. The molecule has 0 aromatic heterocycles. The van der Waals surface area contributed by atoms with E-state index in [0.717, 1.165) is 10.0 Å². The van der Waals surface area contributed by atoms with E-state index in [-0.39, 0.29) is 18.0 Å². The standard InChI is InChI=1S/C14H21BrN2O2/c1-9(16-14(19)10(2)17(3)4)13(18)11-5-7-12(15)8-6-11/h5-10,13,18H,1-4H3,(H,16,19)/t9?,10-,13?/m0/s1. The maximum absolute atomic E-state index is 11.9. The minimum Gasteiger partial charge on any atom is -0.386 e. The number of benzene rings is 1. The van der Waals surface area contributed by atoms with Crippen LogP contribution in [0, 0.1) is 0 Å². The third-order valence-corrected chi connectivity index (χ3v) is 3.74. The molecule has 19 heavy (non-hydrogen) atoms. The van der Waals surface area contributed by atoms with E-state index in [1.165, 1.54) is 0 Å². The van der Waals surface area contributed by atoms with Gasteiger partial charge in [-0.15, -0.1) is 0 Å². The number of rotatable bonds is 5. The van der Waals surface area contributed by atoms with Gasteiger partial charge in [-0.3, -0.25) is 9.69 Å². The third-order valence-electron chi connectivity index (χ3n) is 3.21. The van der Waals surface area contributed by atoms with Crippen molar-refractivity contribution in [3.05, 3.63) is 34.3 Å². The SMILES string of the molecule is CC(NC(=O)[C@H](C)N(C)C)C(O)c1ccc(Br)cc1. The zero-order chi connectivity index (χ0) is 14.6. The molecule has 0 saturated carbocycles. The minimum absolute atomic E-state index is 0.0892. The van der Waals surface area contributed by atoms with Crippen molar-refractivity contribution < 1.29 is 9.90 Å². The van der Waals surface area contributed by atoms with E-state index in [9.17, 15) is 9.90 Å². The van der Waals surface area contributed by atoms with Crippen molar-refractivity contribution in [2.45, 2.75) is 32.0 Å². The minimum atomic E-state index is -0.716. The summed E-state index contributed by atoms with van der Waals surface area (Å²) < 4.78 is 0.960. The lowest BCUT2D eigenvalue weighted by Gasteiger charge is -2.25. The Balaban J connectivity index is 2.65. The molecule has 5 heteroatoms. The van der Waals surface area contributed by atoms with Crippen LogP contribution in [0.1, 0.15) is 25.5 Å². The van der Waals surface area contributed by atoms with E-state index in [4.69, 9.17) is 0 Å². The topological polar surface area (TPSA) is 52.6 Å². The smallest absolute Gasteiger partial charge is 0.237 e. The summed E-state index contributed by atoms with van der Waals surface area (Å²) in [6.45, 7) is 3.63. The van der Waals surface area contributed by atoms with Crippen LogP contribution in [0.4, 0.5) is 0 Å². The summed E-state index contributed by atoms with van der Waals surface area (Å²) in [6.07, 6.45) is -0.716. The Morgan fingerprint density at radius 3 is 2.26 bits per heavy atom. The van der Waals surface area contributed by atoms with Crippen molar-refractivity contribution >= 4 is 21.8 Å². The molecule has 1 aromatic carbocycles. The second-order valence-corrected chi connectivity index (χ2v) is 5.85. The molecule has 2 unspecified atom stereocenters. The molecule has 1 aromatic rings. The van der Waals surface area contributed by atoms with Gasteiger partial charge >= 0.3 is 0 Å². The largest absolute Gasteiger partial charge is 0.386 e. The average molecular weight is 329 g/mol. The Kier molecular flexibility index (Phi) is 5.97. The van der Waals surface area contributed by atoms with Gasteiger partial charge in [-0.1, -0.05) is 28.1 Å². The first-order valence-electron chi connectivity index (χ1n) is 6.23. The molecule has 3 atom stereocenters. The number of likely N-dealkylation sites (N-methyl/N-ethyl adjacent to an activating group) is 1. The molecule has 0 saturated heterocycles. The Morgan fingerprint density at radius 1 is 1.26 bits per heavy atom. The second kappa shape index (κ2) is 7.03. The van der Waals surface area contributed by atoms with Crippen LogP contribution in [0.25, 0.3) is 0 Å². The quantitative estimate of drug-likeness (QED) is 0.868. The van der Waals surface area contributed by atoms with E-state index in [1.807, 2.05) is 50.2 Å². The molecular weight excluding hydrogens is 308 g/mol. The number of halogens is 1. The summed E-state index contributed by atoms with van der Waals surface area (Å²) in [5.41, 5.74) is 0.786. The highest BCUT2D eigenvalue weighted by Crippen LogP contribution is 2.19. The van der Waals surface area contributed by atoms with Gasteiger partial charge in [-0.05, 0) is 45.6 Å². The predicted octanol–water partition coefficient (Wildman–Crippen LogP) is 1.94. The Labute approximate surface area is 122 Å². The molecule has 0 aliphatic heterocycles. The van der Waals surface area contributed by atoms with Gasteiger partial charge < -0.3 is 10.4 Å². The van der Waals surface area contributed by atoms with Gasteiger partial charge in [0.25, 0.3) is 0 Å². The lowest BCUT2D eigenvalue weighted by molar-refractivity contribution is -0.126. The first kappa shape index (κ1) is 16.1. The highest BCUT2D eigenvalue weighted by molar-refractivity contribution is 9.10. The Hall–Kier alpha value is -0.910. The van der Waals surface area contributed by atoms with Crippen molar-refractivity contribution in [2.24, 2.45) is 0 Å². The van der Waals surface area contributed by atoms with Crippen molar-refractivity contribution in [2.75, 3.05) is 14.1 Å². The fraction of sp³-hybridized carbons (Fsp3) is 0.500. The number of aliphatic hydroxyl groups excluding tert-OH is 1. The van der Waals surface area contributed by atoms with Gasteiger partial charge in [0.05, 0.1) is 18.2 Å². The number of carbonyl (C=O) groups is 1. The first-order valence-corrected chi connectivity index (χ1v) is 7.02. The summed E-state index contributed by atoms with van der Waals surface area (Å²) in [7, 11) is 3.69. The molecule has 0 fully saturated rings. The molecule has 0 aliphatic carbocycles. The van der Waals surface area contributed by atoms with E-state index in [1.54, 1.807) is 6.92 Å². The van der Waals surface area contributed by atoms with Gasteiger partial charge in [-0.25, -0.2) is 0 Å². The molecule has 1 amide bonds. The van der Waals surface area contributed by atoms with Crippen molar-refractivity contribution in [1.82, 2.24) is 10.2 Å². The van der Waals surface area contributed by atoms with Crippen LogP contribution in [-0.2, 0) is 4.79 Å². The maximum atomic E-state index is 11.9. The maximum Gasteiger partial charge on any atom is 0.237 e. The first-order chi connectivity index (χ1) is 8.82. The molecular formula is C14H21BrN2O2. The monoisotopic (exact) mass is 328 g/mol. The second-order valence-electron chi connectivity index (χ2n) is 4.93. The van der Waals surface area contributed by atoms with Crippen LogP contribution in [0.2, 0.25) is 0 Å². The summed E-state index contributed by atoms with van der Waals surface area (Å²) >= 11 is 3.35. The molecule has 106 valence electrons. The molecule has 1 rings (SSSR count). The van der Waals surface area contributed by atoms with Gasteiger partial charge in [0.2, 0.25) is 5.91 Å². The summed E-state index contributed by atoms with van der Waals surface area (Å²) in [6, 6.07) is 6.86. The zero-order valence-corrected chi connectivity index (χ0v) is 13.3. The van der Waals surface area contributed by atoms with E-state index in [2.05, 4.69) is 21.2 Å². The predicted molar refractivity (Wildman–Crippen MR) is 79.9 cm³/mol. The molecule has 0 aliphatic rings. The van der Waals surface area contributed by atoms with Gasteiger partial charge in [0.1, 0.15) is 0 Å². The zero-order valence-electron chi connectivity index (χ0n) is 11.7. The van der Waals surface area contributed by atoms with Crippen LogP contribution < -0.4 is 5.32 Å². The average Bonchev–Trinajstić information content (AvgIpc) is 2.37. The van der Waals surface area contributed by atoms with Crippen LogP contribution in [0.3, 0.4) is 0 Å². The number of hydrogen-bond donors (Lipinski definition) is 2. The van der Waals surface area contributed by atoms with E-state index >= 15 is 0 Å². The van der Waals surface area contributed by atoms with Crippen LogP contribution in [0.5, 0.6) is 0 Å². The van der Waals surface area contributed by atoms with Crippen molar-refractivity contribution in [3.8, 4) is 0 Å². The van der Waals surface area contributed by atoms with Crippen LogP contribution in [-0.4, -0.2) is 42.1 Å². The number of carbonyl (C=O) groups excluding carboxylic acids is 1. The van der Waals surface area contributed by atoms with Crippen LogP contribution in [0.15, 0.2) is 28.7 Å². The number of nitrogens with one attached hydrogen (secondary N) is 1. The molecule has 0 heterocycles. The van der Waals surface area contributed by atoms with E-state index < -0.39 is 6.10 Å². The number of aliphatic hydroxyl groups is 1. The number of hydrogen-bond acceptors (Lipinski definition) is 3. The number of nitrogens with zero attached hydrogens (tertiary/aromatic N) is 1. The van der Waals surface area contributed by atoms with Crippen molar-refractivity contribution in [3.63, 3.8) is 0 Å². The fourth-order valence-electron chi connectivity index (χ4n) is 1.61. The highest BCUT2D eigenvalue weighted by Gasteiger charge is 2.22. The molecule has 2 N–H and O–H groups in total. The summed E-state index contributed by atoms with van der Waals surface area (Å²) in [4.78, 5) is 13.7. The Bertz CT molecular complexity index is 420. The normalized spacial score (nSPS) is 15.9. The highest BCUT2D eigenvalue weighted by atomic mass is 79.9. The van der Waals surface area contributed by atoms with Gasteiger partial charge in [0.15, 0.2) is 0 Å². The lowest BCUT2D eigenvalue weighted by Crippen LogP contribution is -2.46. The third kappa shape index (κ3) is 4.60. The summed E-state index contributed by atoms with van der Waals surface area (Å²) in [5, 5.41) is 13.0. The lowest BCUT2D eigenvalue weighted by atomic mass is 10.0. The van der Waals surface area contributed by atoms with Gasteiger partial charge in [-0.2, -0.15) is 0 Å². The molecule has 0 radical (unpaired) electrons. The van der Waals surface area contributed by atoms with Crippen LogP contribution >= 0.6 is 15.9 Å². The number of amides is 1. The van der Waals surface area contributed by atoms with E-state index in [0.29, 0.717) is 0 Å².